The van der Waals surface area contributed by atoms with Gasteiger partial charge < -0.3 is 9.47 Å². The van der Waals surface area contributed by atoms with E-state index in [0.717, 1.165) is 33.7 Å². The molecule has 0 radical (unpaired) electrons. The standard InChI is InChI=1S/C24H23ClN4O5S2/c1-4-36(31,32)24-28-35-23-27-22(30)17(21(26)29(23)24)12-16-7-8-19(18(25)13-16)33-9-10-34-20-11-14(2)5-6-15(20)3/h5-8,11-13,26H,4,9-10H2,1-3H3/b17-12-,26-21?. The van der Waals surface area contributed by atoms with Gasteiger partial charge in [0.1, 0.15) is 30.5 Å². The van der Waals surface area contributed by atoms with Gasteiger partial charge in [0, 0.05) is 0 Å². The maximum absolute atomic E-state index is 12.6. The zero-order valence-electron chi connectivity index (χ0n) is 19.7. The van der Waals surface area contributed by atoms with Crippen molar-refractivity contribution in [2.24, 2.45) is 9.39 Å². The summed E-state index contributed by atoms with van der Waals surface area (Å²) >= 11 is 7.13. The third kappa shape index (κ3) is 5.32. The van der Waals surface area contributed by atoms with Gasteiger partial charge in [0.25, 0.3) is 5.91 Å². The summed E-state index contributed by atoms with van der Waals surface area (Å²) in [4.78, 5) is 17.5. The molecule has 0 unspecified atom stereocenters. The lowest BCUT2D eigenvalue weighted by atomic mass is 10.1. The Balaban J connectivity index is 1.46. The van der Waals surface area contributed by atoms with Gasteiger partial charge in [0.15, 0.2) is 0 Å². The van der Waals surface area contributed by atoms with E-state index in [1.807, 2.05) is 32.0 Å². The summed E-state index contributed by atoms with van der Waals surface area (Å²) in [7, 11) is -3.71. The number of sulfone groups is 1. The number of carbonyl (C=O) groups is 1. The van der Waals surface area contributed by atoms with Crippen LogP contribution in [0.15, 0.2) is 51.4 Å². The number of nitrogens with zero attached hydrogens (tertiary/aromatic N) is 3. The second-order valence-electron chi connectivity index (χ2n) is 7.97. The highest BCUT2D eigenvalue weighted by molar-refractivity contribution is 8.16. The molecule has 36 heavy (non-hydrogen) atoms. The summed E-state index contributed by atoms with van der Waals surface area (Å²) < 4.78 is 40.2. The molecule has 2 aliphatic heterocycles. The van der Waals surface area contributed by atoms with Crippen LogP contribution in [0.1, 0.15) is 23.6 Å². The molecular formula is C24H23ClN4O5S2. The SMILES string of the molecule is CCS(=O)(=O)C1=NSC2=NC(=O)/C(=C\c3ccc(OCCOc4cc(C)ccc4C)c(Cl)c3)C(=N)N21. The number of carbonyl (C=O) groups excluding carboxylic acids is 1. The van der Waals surface area contributed by atoms with Crippen molar-refractivity contribution >= 4 is 61.5 Å². The first-order chi connectivity index (χ1) is 17.1. The van der Waals surface area contributed by atoms with Crippen molar-refractivity contribution in [3.8, 4) is 11.5 Å². The molecule has 2 aromatic rings. The molecule has 0 atom stereocenters. The number of halogens is 1. The van der Waals surface area contributed by atoms with Gasteiger partial charge in [-0.3, -0.25) is 10.2 Å². The van der Waals surface area contributed by atoms with Crippen LogP contribution < -0.4 is 9.47 Å². The van der Waals surface area contributed by atoms with Crippen LogP contribution in [0.2, 0.25) is 5.02 Å². The van der Waals surface area contributed by atoms with Crippen LogP contribution in [-0.4, -0.2) is 54.4 Å². The molecule has 2 aliphatic rings. The Bertz CT molecular complexity index is 1450. The first-order valence-electron chi connectivity index (χ1n) is 10.9. The number of aryl methyl sites for hydroxylation is 2. The lowest BCUT2D eigenvalue weighted by Crippen LogP contribution is -2.45. The zero-order valence-corrected chi connectivity index (χ0v) is 22.1. The molecule has 12 heteroatoms. The first-order valence-corrected chi connectivity index (χ1v) is 13.7. The molecule has 0 spiro atoms. The van der Waals surface area contributed by atoms with Crippen LogP contribution in [0.4, 0.5) is 0 Å². The van der Waals surface area contributed by atoms with Crippen molar-refractivity contribution in [3.63, 3.8) is 0 Å². The smallest absolute Gasteiger partial charge is 0.283 e. The van der Waals surface area contributed by atoms with Crippen LogP contribution in [-0.2, 0) is 14.6 Å². The predicted octanol–water partition coefficient (Wildman–Crippen LogP) is 4.43. The zero-order chi connectivity index (χ0) is 26.0. The summed E-state index contributed by atoms with van der Waals surface area (Å²) in [5.41, 5.74) is 2.59. The maximum Gasteiger partial charge on any atom is 0.283 e. The van der Waals surface area contributed by atoms with Gasteiger partial charge in [-0.05, 0) is 54.8 Å². The Morgan fingerprint density at radius 3 is 2.53 bits per heavy atom. The predicted molar refractivity (Wildman–Crippen MR) is 143 cm³/mol. The minimum absolute atomic E-state index is 0.0408. The molecule has 188 valence electrons. The molecule has 1 N–H and O–H groups in total. The Morgan fingerprint density at radius 1 is 1.11 bits per heavy atom. The Labute approximate surface area is 218 Å². The van der Waals surface area contributed by atoms with Crippen LogP contribution in [0.3, 0.4) is 0 Å². The molecule has 1 amide bonds. The van der Waals surface area contributed by atoms with E-state index in [1.165, 1.54) is 13.0 Å². The van der Waals surface area contributed by atoms with Gasteiger partial charge in [-0.15, -0.1) is 0 Å². The second kappa shape index (κ2) is 10.5. The average Bonchev–Trinajstić information content (AvgIpc) is 3.27. The minimum Gasteiger partial charge on any atom is -0.490 e. The van der Waals surface area contributed by atoms with E-state index in [-0.39, 0.29) is 34.1 Å². The third-order valence-electron chi connectivity index (χ3n) is 5.36. The Hall–Kier alpha value is -3.15. The maximum atomic E-state index is 12.6. The molecule has 0 saturated carbocycles. The van der Waals surface area contributed by atoms with E-state index in [1.54, 1.807) is 18.2 Å². The average molecular weight is 547 g/mol. The van der Waals surface area contributed by atoms with Crippen molar-refractivity contribution in [2.75, 3.05) is 19.0 Å². The normalized spacial score (nSPS) is 16.7. The minimum atomic E-state index is -3.71. The monoisotopic (exact) mass is 546 g/mol. The number of aliphatic imine (C=N–C) groups is 1. The topological polar surface area (TPSA) is 121 Å². The fourth-order valence-electron chi connectivity index (χ4n) is 3.39. The van der Waals surface area contributed by atoms with Crippen LogP contribution in [0.5, 0.6) is 11.5 Å². The molecule has 0 aliphatic carbocycles. The summed E-state index contributed by atoms with van der Waals surface area (Å²) in [5.74, 6) is 0.0693. The van der Waals surface area contributed by atoms with E-state index >= 15 is 0 Å². The molecule has 0 bridgehead atoms. The van der Waals surface area contributed by atoms with E-state index in [4.69, 9.17) is 26.5 Å². The molecule has 0 fully saturated rings. The number of nitrogens with one attached hydrogen (secondary N) is 1. The van der Waals surface area contributed by atoms with Gasteiger partial charge in [-0.25, -0.2) is 13.3 Å². The number of benzene rings is 2. The number of fused-ring (bicyclic) bond motifs is 1. The lowest BCUT2D eigenvalue weighted by Gasteiger charge is -2.24. The number of ether oxygens (including phenoxy) is 2. The molecule has 2 heterocycles. The first kappa shape index (κ1) is 25.9. The van der Waals surface area contributed by atoms with Crippen molar-refractivity contribution in [1.82, 2.24) is 4.90 Å². The fourth-order valence-corrected chi connectivity index (χ4v) is 5.59. The summed E-state index contributed by atoms with van der Waals surface area (Å²) in [6.45, 7) is 6.05. The number of amidine groups is 3. The van der Waals surface area contributed by atoms with Gasteiger partial charge in [0.05, 0.1) is 28.3 Å². The highest BCUT2D eigenvalue weighted by Gasteiger charge is 2.42. The van der Waals surface area contributed by atoms with E-state index in [2.05, 4.69) is 9.39 Å². The highest BCUT2D eigenvalue weighted by atomic mass is 35.5. The molecule has 2 aromatic carbocycles. The Kier molecular flexibility index (Phi) is 7.53. The van der Waals surface area contributed by atoms with Gasteiger partial charge in [-0.1, -0.05) is 36.7 Å². The van der Waals surface area contributed by atoms with Crippen molar-refractivity contribution < 1.29 is 22.7 Å². The summed E-state index contributed by atoms with van der Waals surface area (Å²) in [6, 6.07) is 10.9. The lowest BCUT2D eigenvalue weighted by molar-refractivity contribution is -0.114. The quantitative estimate of drug-likeness (QED) is 0.310. The molecule has 9 nitrogen and oxygen atoms in total. The van der Waals surface area contributed by atoms with Crippen LogP contribution in [0, 0.1) is 19.3 Å². The van der Waals surface area contributed by atoms with Gasteiger partial charge in [-0.2, -0.15) is 9.39 Å². The number of rotatable bonds is 7. The molecule has 0 aromatic heterocycles. The van der Waals surface area contributed by atoms with E-state index < -0.39 is 15.7 Å². The highest BCUT2D eigenvalue weighted by Crippen LogP contribution is 2.31. The largest absolute Gasteiger partial charge is 0.490 e. The third-order valence-corrected chi connectivity index (χ3v) is 8.06. The summed E-state index contributed by atoms with van der Waals surface area (Å²) in [6.07, 6.45) is 1.43. The van der Waals surface area contributed by atoms with Gasteiger partial charge in [0.2, 0.25) is 20.2 Å². The summed E-state index contributed by atoms with van der Waals surface area (Å²) in [5, 5.41) is 8.52. The number of amides is 1. The second-order valence-corrected chi connectivity index (χ2v) is 11.3. The van der Waals surface area contributed by atoms with Gasteiger partial charge >= 0.3 is 0 Å². The van der Waals surface area contributed by atoms with Crippen LogP contribution in [0.25, 0.3) is 6.08 Å². The van der Waals surface area contributed by atoms with E-state index in [0.29, 0.717) is 22.9 Å². The number of hydrogen-bond acceptors (Lipinski definition) is 8. The Morgan fingerprint density at radius 2 is 1.83 bits per heavy atom. The molecular weight excluding hydrogens is 524 g/mol. The van der Waals surface area contributed by atoms with Crippen molar-refractivity contribution in [2.45, 2.75) is 20.8 Å². The van der Waals surface area contributed by atoms with Crippen LogP contribution >= 0.6 is 23.5 Å². The van der Waals surface area contributed by atoms with Crippen molar-refractivity contribution in [1.29, 1.82) is 5.41 Å². The van der Waals surface area contributed by atoms with Crippen molar-refractivity contribution in [3.05, 3.63) is 63.7 Å². The van der Waals surface area contributed by atoms with E-state index in [9.17, 15) is 13.2 Å². The molecule has 4 rings (SSSR count). The molecule has 0 saturated heterocycles. The number of hydrogen-bond donors (Lipinski definition) is 1. The fraction of sp³-hybridized carbons (Fsp3) is 0.250.